The second-order valence-electron chi connectivity index (χ2n) is 4.67. The molecule has 22 heavy (non-hydrogen) atoms. The lowest BCUT2D eigenvalue weighted by atomic mass is 10.0. The van der Waals surface area contributed by atoms with E-state index < -0.39 is 9.05 Å². The molecule has 0 spiro atoms. The number of halogens is 1. The predicted octanol–water partition coefficient (Wildman–Crippen LogP) is 3.74. The molecule has 0 amide bonds. The number of hydrogen-bond acceptors (Lipinski definition) is 4. The molecule has 0 saturated heterocycles. The molecule has 110 valence electrons. The maximum absolute atomic E-state index is 11.7. The SMILES string of the molecule is O=S(=O)(Cl)c1cc(-c2cccnc2)cc(-c2cccnc2)c1. The van der Waals surface area contributed by atoms with Crippen LogP contribution in [0.3, 0.4) is 0 Å². The second-order valence-corrected chi connectivity index (χ2v) is 7.23. The Balaban J connectivity index is 2.24. The Morgan fingerprint density at radius 3 is 1.64 bits per heavy atom. The van der Waals surface area contributed by atoms with Gasteiger partial charge in [0.1, 0.15) is 0 Å². The van der Waals surface area contributed by atoms with Gasteiger partial charge in [0, 0.05) is 46.6 Å². The van der Waals surface area contributed by atoms with Gasteiger partial charge in [0.2, 0.25) is 0 Å². The smallest absolute Gasteiger partial charge is 0.261 e. The third-order valence-corrected chi connectivity index (χ3v) is 4.51. The van der Waals surface area contributed by atoms with E-state index in [-0.39, 0.29) is 4.90 Å². The van der Waals surface area contributed by atoms with Crippen LogP contribution in [0.1, 0.15) is 0 Å². The molecule has 0 radical (unpaired) electrons. The molecule has 3 rings (SSSR count). The van der Waals surface area contributed by atoms with Crippen molar-refractivity contribution in [3.8, 4) is 22.3 Å². The zero-order valence-corrected chi connectivity index (χ0v) is 12.9. The Morgan fingerprint density at radius 2 is 1.27 bits per heavy atom. The number of benzene rings is 1. The molecule has 6 heteroatoms. The Morgan fingerprint density at radius 1 is 0.773 bits per heavy atom. The van der Waals surface area contributed by atoms with Gasteiger partial charge in [-0.3, -0.25) is 9.97 Å². The number of pyridine rings is 2. The molecule has 2 heterocycles. The van der Waals surface area contributed by atoms with Crippen molar-refractivity contribution in [2.45, 2.75) is 4.90 Å². The molecule has 0 N–H and O–H groups in total. The number of hydrogen-bond donors (Lipinski definition) is 0. The van der Waals surface area contributed by atoms with Gasteiger partial charge in [0.25, 0.3) is 9.05 Å². The summed E-state index contributed by atoms with van der Waals surface area (Å²) in [4.78, 5) is 8.17. The zero-order valence-electron chi connectivity index (χ0n) is 11.3. The van der Waals surface area contributed by atoms with Gasteiger partial charge in [-0.05, 0) is 41.5 Å². The van der Waals surface area contributed by atoms with Crippen LogP contribution in [0.4, 0.5) is 0 Å². The van der Waals surface area contributed by atoms with Crippen LogP contribution in [0.5, 0.6) is 0 Å². The Labute approximate surface area is 132 Å². The van der Waals surface area contributed by atoms with E-state index in [2.05, 4.69) is 9.97 Å². The third-order valence-electron chi connectivity index (χ3n) is 3.18. The fraction of sp³-hybridized carbons (Fsp3) is 0. The minimum atomic E-state index is -3.83. The summed E-state index contributed by atoms with van der Waals surface area (Å²) in [6, 6.07) is 12.3. The lowest BCUT2D eigenvalue weighted by molar-refractivity contribution is 0.609. The fourth-order valence-corrected chi connectivity index (χ4v) is 2.94. The number of rotatable bonds is 3. The molecule has 4 nitrogen and oxygen atoms in total. The predicted molar refractivity (Wildman–Crippen MR) is 85.9 cm³/mol. The summed E-state index contributed by atoms with van der Waals surface area (Å²) < 4.78 is 23.5. The Kier molecular flexibility index (Phi) is 3.92. The Hall–Kier alpha value is -2.24. The summed E-state index contributed by atoms with van der Waals surface area (Å²) in [7, 11) is 1.69. The van der Waals surface area contributed by atoms with Crippen molar-refractivity contribution in [3.05, 3.63) is 67.3 Å². The quantitative estimate of drug-likeness (QED) is 0.686. The van der Waals surface area contributed by atoms with Crippen LogP contribution in [0.25, 0.3) is 22.3 Å². The molecule has 2 aromatic heterocycles. The highest BCUT2D eigenvalue weighted by molar-refractivity contribution is 8.13. The van der Waals surface area contributed by atoms with E-state index in [0.29, 0.717) is 0 Å². The van der Waals surface area contributed by atoms with Crippen molar-refractivity contribution in [2.24, 2.45) is 0 Å². The van der Waals surface area contributed by atoms with Crippen molar-refractivity contribution < 1.29 is 8.42 Å². The van der Waals surface area contributed by atoms with Gasteiger partial charge in [0.15, 0.2) is 0 Å². The second kappa shape index (κ2) is 5.87. The van der Waals surface area contributed by atoms with Gasteiger partial charge in [-0.25, -0.2) is 8.42 Å². The monoisotopic (exact) mass is 330 g/mol. The van der Waals surface area contributed by atoms with Gasteiger partial charge >= 0.3 is 0 Å². The first-order valence-electron chi connectivity index (χ1n) is 6.44. The maximum atomic E-state index is 11.7. The average Bonchev–Trinajstić information content (AvgIpc) is 2.55. The third kappa shape index (κ3) is 3.16. The minimum Gasteiger partial charge on any atom is -0.264 e. The maximum Gasteiger partial charge on any atom is 0.261 e. The van der Waals surface area contributed by atoms with Crippen molar-refractivity contribution >= 4 is 19.7 Å². The van der Waals surface area contributed by atoms with Crippen LogP contribution in [0.2, 0.25) is 0 Å². The zero-order chi connectivity index (χ0) is 15.6. The molecule has 0 aliphatic heterocycles. The van der Waals surface area contributed by atoms with E-state index >= 15 is 0 Å². The topological polar surface area (TPSA) is 59.9 Å². The van der Waals surface area contributed by atoms with E-state index in [1.807, 2.05) is 18.2 Å². The molecular weight excluding hydrogens is 320 g/mol. The van der Waals surface area contributed by atoms with E-state index in [9.17, 15) is 8.42 Å². The summed E-state index contributed by atoms with van der Waals surface area (Å²) >= 11 is 0. The van der Waals surface area contributed by atoms with Crippen LogP contribution >= 0.6 is 10.7 Å². The molecule has 3 aromatic rings. The van der Waals surface area contributed by atoms with Crippen LogP contribution in [-0.2, 0) is 9.05 Å². The van der Waals surface area contributed by atoms with E-state index in [1.54, 1.807) is 49.1 Å². The molecule has 0 aliphatic carbocycles. The molecule has 0 aliphatic rings. The largest absolute Gasteiger partial charge is 0.264 e. The standard InChI is InChI=1S/C16H11ClN2O2S/c17-22(20,21)16-8-14(12-3-1-5-18-10-12)7-15(9-16)13-4-2-6-19-11-13/h1-11H. The first-order valence-corrected chi connectivity index (χ1v) is 8.75. The van der Waals surface area contributed by atoms with Gasteiger partial charge in [-0.2, -0.15) is 0 Å². The van der Waals surface area contributed by atoms with Crippen molar-refractivity contribution in [3.63, 3.8) is 0 Å². The van der Waals surface area contributed by atoms with Gasteiger partial charge < -0.3 is 0 Å². The molecule has 0 atom stereocenters. The molecule has 0 fully saturated rings. The van der Waals surface area contributed by atoms with Gasteiger partial charge in [-0.1, -0.05) is 12.1 Å². The molecular formula is C16H11ClN2O2S. The van der Waals surface area contributed by atoms with Crippen LogP contribution < -0.4 is 0 Å². The highest BCUT2D eigenvalue weighted by Gasteiger charge is 2.14. The summed E-state index contributed by atoms with van der Waals surface area (Å²) in [6.45, 7) is 0. The summed E-state index contributed by atoms with van der Waals surface area (Å²) in [5, 5.41) is 0. The highest BCUT2D eigenvalue weighted by Crippen LogP contribution is 2.30. The van der Waals surface area contributed by atoms with E-state index in [0.717, 1.165) is 22.3 Å². The average molecular weight is 331 g/mol. The van der Waals surface area contributed by atoms with E-state index in [4.69, 9.17) is 10.7 Å². The fourth-order valence-electron chi connectivity index (χ4n) is 2.14. The number of nitrogens with zero attached hydrogens (tertiary/aromatic N) is 2. The van der Waals surface area contributed by atoms with Crippen molar-refractivity contribution in [1.29, 1.82) is 0 Å². The summed E-state index contributed by atoms with van der Waals surface area (Å²) in [5.74, 6) is 0. The van der Waals surface area contributed by atoms with Gasteiger partial charge in [-0.15, -0.1) is 0 Å². The highest BCUT2D eigenvalue weighted by atomic mass is 35.7. The normalized spacial score (nSPS) is 11.3. The first-order chi connectivity index (χ1) is 10.5. The van der Waals surface area contributed by atoms with Crippen LogP contribution in [0.15, 0.2) is 72.1 Å². The van der Waals surface area contributed by atoms with E-state index in [1.165, 1.54) is 0 Å². The summed E-state index contributed by atoms with van der Waals surface area (Å²) in [5.41, 5.74) is 3.09. The molecule has 0 bridgehead atoms. The van der Waals surface area contributed by atoms with Crippen molar-refractivity contribution in [1.82, 2.24) is 9.97 Å². The molecule has 0 saturated carbocycles. The summed E-state index contributed by atoms with van der Waals surface area (Å²) in [6.07, 6.45) is 6.67. The number of aromatic nitrogens is 2. The molecule has 0 unspecified atom stereocenters. The van der Waals surface area contributed by atoms with Gasteiger partial charge in [0.05, 0.1) is 4.90 Å². The lowest BCUT2D eigenvalue weighted by Crippen LogP contribution is -1.93. The van der Waals surface area contributed by atoms with Crippen molar-refractivity contribution in [2.75, 3.05) is 0 Å². The molecule has 1 aromatic carbocycles. The Bertz CT molecular complexity index is 840. The minimum absolute atomic E-state index is 0.0503. The lowest BCUT2D eigenvalue weighted by Gasteiger charge is -2.08. The van der Waals surface area contributed by atoms with Crippen LogP contribution in [0, 0.1) is 0 Å². The first kappa shape index (κ1) is 14.7. The van der Waals surface area contributed by atoms with Crippen LogP contribution in [-0.4, -0.2) is 18.4 Å².